The summed E-state index contributed by atoms with van der Waals surface area (Å²) in [5.41, 5.74) is 3.97. The van der Waals surface area contributed by atoms with Crippen LogP contribution in [-0.2, 0) is 20.7 Å². The zero-order valence-electron chi connectivity index (χ0n) is 17.3. The first-order valence-corrected chi connectivity index (χ1v) is 10.4. The van der Waals surface area contributed by atoms with Gasteiger partial charge in [0.15, 0.2) is 0 Å². The fourth-order valence-corrected chi connectivity index (χ4v) is 3.93. The Morgan fingerprint density at radius 3 is 2.73 bits per heavy atom. The summed E-state index contributed by atoms with van der Waals surface area (Å²) >= 11 is 0. The van der Waals surface area contributed by atoms with E-state index in [0.29, 0.717) is 6.42 Å². The molecule has 0 bridgehead atoms. The molecule has 1 unspecified atom stereocenters. The molecule has 5 nitrogen and oxygen atoms in total. The van der Waals surface area contributed by atoms with E-state index >= 15 is 0 Å². The highest BCUT2D eigenvalue weighted by Gasteiger charge is 2.25. The summed E-state index contributed by atoms with van der Waals surface area (Å²) in [6, 6.07) is 16.1. The highest BCUT2D eigenvalue weighted by Crippen LogP contribution is 2.35. The molecule has 0 radical (unpaired) electrons. The highest BCUT2D eigenvalue weighted by atomic mass is 16.6. The minimum atomic E-state index is -0.724. The average Bonchev–Trinajstić information content (AvgIpc) is 3.17. The molecule has 3 atom stereocenters. The van der Waals surface area contributed by atoms with Crippen molar-refractivity contribution in [2.24, 2.45) is 0 Å². The van der Waals surface area contributed by atoms with Crippen LogP contribution in [-0.4, -0.2) is 28.4 Å². The first kappa shape index (κ1) is 20.4. The second-order valence-electron chi connectivity index (χ2n) is 7.60. The van der Waals surface area contributed by atoms with Gasteiger partial charge in [-0.15, -0.1) is 0 Å². The largest absolute Gasteiger partial charge is 0.463 e. The molecule has 1 aliphatic rings. The van der Waals surface area contributed by atoms with Gasteiger partial charge in [0, 0.05) is 30.5 Å². The maximum absolute atomic E-state index is 11.1. The number of rotatable bonds is 6. The molecule has 0 saturated heterocycles. The minimum Gasteiger partial charge on any atom is -0.463 e. The Bertz CT molecular complexity index is 1050. The number of carbonyl (C=O) groups excluding carboxylic acids is 1. The summed E-state index contributed by atoms with van der Waals surface area (Å²) in [4.78, 5) is 11.1. The van der Waals surface area contributed by atoms with Crippen molar-refractivity contribution in [3.8, 4) is 0 Å². The number of hydrogen-bond acceptors (Lipinski definition) is 4. The topological polar surface area (TPSA) is 60.7 Å². The van der Waals surface area contributed by atoms with E-state index in [1.807, 2.05) is 48.7 Å². The summed E-state index contributed by atoms with van der Waals surface area (Å²) in [5, 5.41) is 12.1. The number of carbonyl (C=O) groups is 1. The maximum atomic E-state index is 11.1. The second kappa shape index (κ2) is 8.86. The van der Waals surface area contributed by atoms with Crippen molar-refractivity contribution < 1.29 is 19.4 Å². The standard InChI is InChI=1S/C25H27NO4/c1-3-18-11-13-19(14-12-18)25(28)22-15-26(23-9-5-4-8-21(22)23)24-10-6-7-20(30-24)16-29-17(2)27/h4-9,11-15,20,24-25,28H,3,10,16H2,1-2H3/t20-,24+,25?/m1/s1. The van der Waals surface area contributed by atoms with E-state index in [9.17, 15) is 9.90 Å². The summed E-state index contributed by atoms with van der Waals surface area (Å²) in [7, 11) is 0. The Morgan fingerprint density at radius 2 is 2.00 bits per heavy atom. The fourth-order valence-electron chi connectivity index (χ4n) is 3.93. The number of aryl methyl sites for hydroxylation is 1. The number of fused-ring (bicyclic) bond motifs is 1. The summed E-state index contributed by atoms with van der Waals surface area (Å²) in [6.45, 7) is 3.71. The van der Waals surface area contributed by atoms with Gasteiger partial charge in [0.2, 0.25) is 0 Å². The lowest BCUT2D eigenvalue weighted by Gasteiger charge is -2.27. The number of para-hydroxylation sites is 1. The quantitative estimate of drug-likeness (QED) is 0.477. The number of benzene rings is 2. The van der Waals surface area contributed by atoms with E-state index in [2.05, 4.69) is 29.7 Å². The van der Waals surface area contributed by atoms with Crippen LogP contribution in [0.15, 0.2) is 66.9 Å². The number of esters is 1. The number of aromatic nitrogens is 1. The molecular weight excluding hydrogens is 378 g/mol. The van der Waals surface area contributed by atoms with Gasteiger partial charge in [0.05, 0.1) is 5.52 Å². The Balaban J connectivity index is 1.65. The minimum absolute atomic E-state index is 0.195. The molecule has 3 aromatic rings. The first-order valence-electron chi connectivity index (χ1n) is 10.4. The Kier molecular flexibility index (Phi) is 6.02. The molecule has 0 amide bonds. The van der Waals surface area contributed by atoms with Gasteiger partial charge < -0.3 is 19.1 Å². The molecule has 0 saturated carbocycles. The number of hydrogen-bond donors (Lipinski definition) is 1. The Labute approximate surface area is 176 Å². The van der Waals surface area contributed by atoms with Crippen LogP contribution < -0.4 is 0 Å². The smallest absolute Gasteiger partial charge is 0.302 e. The lowest BCUT2D eigenvalue weighted by molar-refractivity contribution is -0.147. The monoisotopic (exact) mass is 405 g/mol. The molecule has 0 fully saturated rings. The molecule has 1 aliphatic heterocycles. The van der Waals surface area contributed by atoms with Crippen molar-refractivity contribution in [1.29, 1.82) is 0 Å². The maximum Gasteiger partial charge on any atom is 0.302 e. The van der Waals surface area contributed by atoms with Crippen molar-refractivity contribution in [2.45, 2.75) is 45.1 Å². The van der Waals surface area contributed by atoms with Gasteiger partial charge in [-0.25, -0.2) is 0 Å². The average molecular weight is 405 g/mol. The fraction of sp³-hybridized carbons (Fsp3) is 0.320. The Morgan fingerprint density at radius 1 is 1.23 bits per heavy atom. The van der Waals surface area contributed by atoms with E-state index in [4.69, 9.17) is 9.47 Å². The van der Waals surface area contributed by atoms with Crippen LogP contribution in [0.4, 0.5) is 0 Å². The van der Waals surface area contributed by atoms with Crippen molar-refractivity contribution in [3.05, 3.63) is 83.6 Å². The normalized spacial score (nSPS) is 19.7. The zero-order valence-corrected chi connectivity index (χ0v) is 17.3. The van der Waals surface area contributed by atoms with Crippen LogP contribution in [0.2, 0.25) is 0 Å². The molecule has 30 heavy (non-hydrogen) atoms. The van der Waals surface area contributed by atoms with Gasteiger partial charge in [0.25, 0.3) is 0 Å². The van der Waals surface area contributed by atoms with Crippen LogP contribution in [0.1, 0.15) is 49.3 Å². The van der Waals surface area contributed by atoms with Gasteiger partial charge in [0.1, 0.15) is 25.0 Å². The van der Waals surface area contributed by atoms with Crippen LogP contribution >= 0.6 is 0 Å². The van der Waals surface area contributed by atoms with Gasteiger partial charge >= 0.3 is 5.97 Å². The van der Waals surface area contributed by atoms with E-state index < -0.39 is 6.10 Å². The third-order valence-corrected chi connectivity index (χ3v) is 5.55. The third-order valence-electron chi connectivity index (χ3n) is 5.55. The van der Waals surface area contributed by atoms with Crippen molar-refractivity contribution >= 4 is 16.9 Å². The van der Waals surface area contributed by atoms with Crippen LogP contribution in [0.3, 0.4) is 0 Å². The molecule has 156 valence electrons. The third kappa shape index (κ3) is 4.18. The molecule has 2 aromatic carbocycles. The Hall–Kier alpha value is -2.89. The first-order chi connectivity index (χ1) is 14.6. The molecule has 2 heterocycles. The van der Waals surface area contributed by atoms with Gasteiger partial charge in [-0.2, -0.15) is 0 Å². The van der Waals surface area contributed by atoms with E-state index in [1.165, 1.54) is 12.5 Å². The summed E-state index contributed by atoms with van der Waals surface area (Å²) < 4.78 is 13.4. The molecule has 1 N–H and O–H groups in total. The van der Waals surface area contributed by atoms with Gasteiger partial charge in [-0.1, -0.05) is 61.5 Å². The van der Waals surface area contributed by atoms with E-state index in [1.54, 1.807) is 0 Å². The highest BCUT2D eigenvalue weighted by molar-refractivity contribution is 5.85. The number of aliphatic hydroxyl groups is 1. The molecular formula is C25H27NO4. The summed E-state index contributed by atoms with van der Waals surface area (Å²) in [5.74, 6) is -0.319. The van der Waals surface area contributed by atoms with Crippen molar-refractivity contribution in [1.82, 2.24) is 4.57 Å². The van der Waals surface area contributed by atoms with Gasteiger partial charge in [-0.3, -0.25) is 4.79 Å². The van der Waals surface area contributed by atoms with Crippen LogP contribution in [0.25, 0.3) is 10.9 Å². The molecule has 0 spiro atoms. The van der Waals surface area contributed by atoms with Crippen molar-refractivity contribution in [3.63, 3.8) is 0 Å². The van der Waals surface area contributed by atoms with E-state index in [-0.39, 0.29) is 24.9 Å². The predicted octanol–water partition coefficient (Wildman–Crippen LogP) is 4.69. The number of ether oxygens (including phenoxy) is 2. The zero-order chi connectivity index (χ0) is 21.1. The molecule has 4 rings (SSSR count). The lowest BCUT2D eigenvalue weighted by Crippen LogP contribution is -2.27. The van der Waals surface area contributed by atoms with Gasteiger partial charge in [-0.05, 0) is 23.6 Å². The molecule has 5 heteroatoms. The number of nitrogens with zero attached hydrogens (tertiary/aromatic N) is 1. The molecule has 0 aliphatic carbocycles. The lowest BCUT2D eigenvalue weighted by atomic mass is 9.99. The second-order valence-corrected chi connectivity index (χ2v) is 7.60. The predicted molar refractivity (Wildman–Crippen MR) is 116 cm³/mol. The molecule has 1 aromatic heterocycles. The van der Waals surface area contributed by atoms with Crippen LogP contribution in [0.5, 0.6) is 0 Å². The number of aliphatic hydroxyl groups excluding tert-OH is 1. The van der Waals surface area contributed by atoms with Crippen molar-refractivity contribution in [2.75, 3.05) is 6.61 Å². The SMILES string of the molecule is CCc1ccc(C(O)c2cn([C@@H]3CC=C[C@H](COC(C)=O)O3)c3ccccc23)cc1. The van der Waals surface area contributed by atoms with E-state index in [0.717, 1.165) is 28.5 Å². The summed E-state index contributed by atoms with van der Waals surface area (Å²) in [6.07, 6.45) is 6.39. The van der Waals surface area contributed by atoms with Crippen LogP contribution in [0, 0.1) is 0 Å².